The summed E-state index contributed by atoms with van der Waals surface area (Å²) in [7, 11) is 0. The predicted molar refractivity (Wildman–Crippen MR) is 66.0 cm³/mol. The van der Waals surface area contributed by atoms with Crippen LogP contribution in [0.4, 0.5) is 23.2 Å². The lowest BCUT2D eigenvalue weighted by Gasteiger charge is -2.12. The van der Waals surface area contributed by atoms with Gasteiger partial charge in [0.25, 0.3) is 0 Å². The Bertz CT molecular complexity index is 617. The van der Waals surface area contributed by atoms with Gasteiger partial charge in [0.05, 0.1) is 5.56 Å². The van der Waals surface area contributed by atoms with Crippen molar-refractivity contribution in [3.05, 3.63) is 53.3 Å². The molecule has 2 N–H and O–H groups in total. The Morgan fingerprint density at radius 2 is 1.63 bits per heavy atom. The molecule has 0 aliphatic heterocycles. The molecule has 19 heavy (non-hydrogen) atoms. The minimum absolute atomic E-state index is 0.0978. The zero-order chi connectivity index (χ0) is 14.2. The normalized spacial score (nSPS) is 11.6. The minimum Gasteiger partial charge on any atom is -0.398 e. The first-order valence-corrected chi connectivity index (χ1v) is 5.52. The second-order valence-electron chi connectivity index (χ2n) is 4.28. The highest BCUT2D eigenvalue weighted by Crippen LogP contribution is 2.35. The summed E-state index contributed by atoms with van der Waals surface area (Å²) in [5.74, 6) is -0.517. The molecule has 0 saturated carbocycles. The van der Waals surface area contributed by atoms with Gasteiger partial charge in [-0.2, -0.15) is 13.2 Å². The summed E-state index contributed by atoms with van der Waals surface area (Å²) in [6.45, 7) is 1.77. The largest absolute Gasteiger partial charge is 0.416 e. The van der Waals surface area contributed by atoms with Crippen LogP contribution < -0.4 is 5.73 Å². The number of halogens is 4. The molecule has 2 aromatic rings. The minimum atomic E-state index is -4.46. The molecule has 100 valence electrons. The molecular formula is C14H11F4N. The lowest BCUT2D eigenvalue weighted by atomic mass is 9.99. The summed E-state index contributed by atoms with van der Waals surface area (Å²) in [5.41, 5.74) is 5.92. The fourth-order valence-corrected chi connectivity index (χ4v) is 1.83. The van der Waals surface area contributed by atoms with E-state index in [0.29, 0.717) is 0 Å². The van der Waals surface area contributed by atoms with Gasteiger partial charge < -0.3 is 5.73 Å². The molecule has 0 aliphatic rings. The van der Waals surface area contributed by atoms with Gasteiger partial charge in [-0.25, -0.2) is 4.39 Å². The first kappa shape index (κ1) is 13.4. The number of hydrogen-bond acceptors (Lipinski definition) is 1. The van der Waals surface area contributed by atoms with E-state index >= 15 is 0 Å². The lowest BCUT2D eigenvalue weighted by Crippen LogP contribution is -2.06. The van der Waals surface area contributed by atoms with Gasteiger partial charge in [-0.1, -0.05) is 17.7 Å². The average Bonchev–Trinajstić information content (AvgIpc) is 2.31. The number of aryl methyl sites for hydroxylation is 1. The van der Waals surface area contributed by atoms with Crippen molar-refractivity contribution >= 4 is 5.69 Å². The van der Waals surface area contributed by atoms with E-state index in [2.05, 4.69) is 0 Å². The molecule has 0 bridgehead atoms. The highest BCUT2D eigenvalue weighted by atomic mass is 19.4. The van der Waals surface area contributed by atoms with Gasteiger partial charge >= 0.3 is 6.18 Å². The number of nitrogen functional groups attached to an aromatic ring is 1. The van der Waals surface area contributed by atoms with Gasteiger partial charge in [0, 0.05) is 16.8 Å². The molecule has 2 rings (SSSR count). The quantitative estimate of drug-likeness (QED) is 0.602. The van der Waals surface area contributed by atoms with E-state index in [1.54, 1.807) is 19.1 Å². The van der Waals surface area contributed by atoms with Gasteiger partial charge in [-0.05, 0) is 31.2 Å². The molecule has 0 fully saturated rings. The number of anilines is 1. The fraction of sp³-hybridized carbons (Fsp3) is 0.143. The molecule has 1 nitrogen and oxygen atoms in total. The maximum absolute atomic E-state index is 13.7. The van der Waals surface area contributed by atoms with Crippen LogP contribution >= 0.6 is 0 Å². The molecule has 2 aromatic carbocycles. The molecule has 0 atom stereocenters. The Labute approximate surface area is 107 Å². The summed E-state index contributed by atoms with van der Waals surface area (Å²) in [6.07, 6.45) is -4.46. The molecule has 0 spiro atoms. The van der Waals surface area contributed by atoms with Crippen LogP contribution in [-0.4, -0.2) is 0 Å². The van der Waals surface area contributed by atoms with Crippen molar-refractivity contribution in [3.63, 3.8) is 0 Å². The Hall–Kier alpha value is -2.04. The van der Waals surface area contributed by atoms with Crippen LogP contribution in [0.15, 0.2) is 36.4 Å². The van der Waals surface area contributed by atoms with Gasteiger partial charge in [0.2, 0.25) is 0 Å². The van der Waals surface area contributed by atoms with Gasteiger partial charge in [-0.15, -0.1) is 0 Å². The van der Waals surface area contributed by atoms with Crippen LogP contribution in [0, 0.1) is 12.7 Å². The van der Waals surface area contributed by atoms with Crippen molar-refractivity contribution < 1.29 is 17.6 Å². The Morgan fingerprint density at radius 1 is 0.947 bits per heavy atom. The first-order chi connectivity index (χ1) is 8.79. The van der Waals surface area contributed by atoms with E-state index in [4.69, 9.17) is 5.73 Å². The van der Waals surface area contributed by atoms with Crippen LogP contribution in [0.1, 0.15) is 11.1 Å². The maximum Gasteiger partial charge on any atom is 0.416 e. The van der Waals surface area contributed by atoms with E-state index < -0.39 is 17.6 Å². The monoisotopic (exact) mass is 269 g/mol. The van der Waals surface area contributed by atoms with Gasteiger partial charge in [-0.3, -0.25) is 0 Å². The molecule has 5 heteroatoms. The molecule has 0 heterocycles. The molecule has 0 radical (unpaired) electrons. The smallest absolute Gasteiger partial charge is 0.398 e. The fourth-order valence-electron chi connectivity index (χ4n) is 1.83. The summed E-state index contributed by atoms with van der Waals surface area (Å²) >= 11 is 0. The third kappa shape index (κ3) is 2.70. The maximum atomic E-state index is 13.7. The van der Waals surface area contributed by atoms with Crippen LogP contribution in [0.5, 0.6) is 0 Å². The molecule has 0 amide bonds. The lowest BCUT2D eigenvalue weighted by molar-refractivity contribution is -0.137. The second kappa shape index (κ2) is 4.57. The van der Waals surface area contributed by atoms with Crippen LogP contribution in [-0.2, 0) is 6.18 Å². The van der Waals surface area contributed by atoms with Crippen LogP contribution in [0.25, 0.3) is 11.1 Å². The second-order valence-corrected chi connectivity index (χ2v) is 4.28. The molecule has 0 saturated heterocycles. The SMILES string of the molecule is Cc1ccc(F)c(-c2ccc(C(F)(F)F)cc2N)c1. The van der Waals surface area contributed by atoms with Crippen molar-refractivity contribution in [2.75, 3.05) is 5.73 Å². The average molecular weight is 269 g/mol. The Kier molecular flexibility index (Phi) is 3.22. The van der Waals surface area contributed by atoms with Crippen molar-refractivity contribution in [2.45, 2.75) is 13.1 Å². The van der Waals surface area contributed by atoms with Gasteiger partial charge in [0.1, 0.15) is 5.82 Å². The summed E-state index contributed by atoms with van der Waals surface area (Å²) < 4.78 is 51.2. The molecule has 0 aliphatic carbocycles. The Morgan fingerprint density at radius 3 is 2.21 bits per heavy atom. The van der Waals surface area contributed by atoms with E-state index in [0.717, 1.165) is 17.7 Å². The standard InChI is InChI=1S/C14H11F4N/c1-8-2-5-12(15)11(6-8)10-4-3-9(7-13(10)19)14(16,17)18/h2-7H,19H2,1H3. The first-order valence-electron chi connectivity index (χ1n) is 5.52. The zero-order valence-electron chi connectivity index (χ0n) is 10.1. The highest BCUT2D eigenvalue weighted by molar-refractivity contribution is 5.77. The van der Waals surface area contributed by atoms with Crippen molar-refractivity contribution in [1.29, 1.82) is 0 Å². The van der Waals surface area contributed by atoms with Crippen LogP contribution in [0.2, 0.25) is 0 Å². The third-order valence-electron chi connectivity index (χ3n) is 2.79. The Balaban J connectivity index is 2.55. The highest BCUT2D eigenvalue weighted by Gasteiger charge is 2.30. The number of alkyl halides is 3. The number of benzene rings is 2. The zero-order valence-corrected chi connectivity index (χ0v) is 10.1. The van der Waals surface area contributed by atoms with E-state index in [1.807, 2.05) is 0 Å². The van der Waals surface area contributed by atoms with E-state index in [9.17, 15) is 17.6 Å². The van der Waals surface area contributed by atoms with Crippen molar-refractivity contribution in [1.82, 2.24) is 0 Å². The summed E-state index contributed by atoms with van der Waals surface area (Å²) in [5, 5.41) is 0. The molecule has 0 unspecified atom stereocenters. The molecular weight excluding hydrogens is 258 g/mol. The van der Waals surface area contributed by atoms with Crippen molar-refractivity contribution in [3.8, 4) is 11.1 Å². The van der Waals surface area contributed by atoms with Crippen LogP contribution in [0.3, 0.4) is 0 Å². The summed E-state index contributed by atoms with van der Waals surface area (Å²) in [6, 6.07) is 7.30. The molecule has 0 aromatic heterocycles. The summed E-state index contributed by atoms with van der Waals surface area (Å²) in [4.78, 5) is 0. The van der Waals surface area contributed by atoms with Crippen molar-refractivity contribution in [2.24, 2.45) is 0 Å². The van der Waals surface area contributed by atoms with E-state index in [-0.39, 0.29) is 16.8 Å². The third-order valence-corrected chi connectivity index (χ3v) is 2.79. The number of hydrogen-bond donors (Lipinski definition) is 1. The number of nitrogens with two attached hydrogens (primary N) is 1. The van der Waals surface area contributed by atoms with Gasteiger partial charge in [0.15, 0.2) is 0 Å². The topological polar surface area (TPSA) is 26.0 Å². The number of rotatable bonds is 1. The predicted octanol–water partition coefficient (Wildman–Crippen LogP) is 4.40. The van der Waals surface area contributed by atoms with E-state index in [1.165, 1.54) is 12.1 Å².